The van der Waals surface area contributed by atoms with Gasteiger partial charge in [0.05, 0.1) is 0 Å². The van der Waals surface area contributed by atoms with Crippen LogP contribution in [0.2, 0.25) is 0 Å². The van der Waals surface area contributed by atoms with E-state index in [1.165, 1.54) is 6.07 Å². The highest BCUT2D eigenvalue weighted by molar-refractivity contribution is 5.45. The summed E-state index contributed by atoms with van der Waals surface area (Å²) < 4.78 is 37.6. The summed E-state index contributed by atoms with van der Waals surface area (Å²) in [4.78, 5) is 8.55. The Balaban J connectivity index is 2.88. The normalized spacial score (nSPS) is 12.8. The molecule has 0 spiro atoms. The highest BCUT2D eigenvalue weighted by atomic mass is 19.4. The summed E-state index contributed by atoms with van der Waals surface area (Å²) in [6.07, 6.45) is -4.61. The minimum atomic E-state index is -4.61. The van der Waals surface area contributed by atoms with Crippen molar-refractivity contribution in [2.75, 3.05) is 31.7 Å². The highest BCUT2D eigenvalue weighted by Crippen LogP contribution is 2.27. The molecule has 19 heavy (non-hydrogen) atoms. The Kier molecular flexibility index (Phi) is 4.24. The Hall–Kier alpha value is -1.57. The zero-order valence-corrected chi connectivity index (χ0v) is 11.3. The Bertz CT molecular complexity index is 442. The summed E-state index contributed by atoms with van der Waals surface area (Å²) in [6, 6.07) is 1.28. The number of alkyl halides is 3. The number of likely N-dealkylation sites (N-methyl/N-ethyl adjacent to an activating group) is 1. The molecule has 108 valence electrons. The molecule has 0 saturated heterocycles. The van der Waals surface area contributed by atoms with E-state index < -0.39 is 12.0 Å². The Morgan fingerprint density at radius 1 is 1.26 bits per heavy atom. The Morgan fingerprint density at radius 3 is 2.32 bits per heavy atom. The largest absolute Gasteiger partial charge is 0.451 e. The van der Waals surface area contributed by atoms with E-state index in [-0.39, 0.29) is 17.2 Å². The number of aromatic nitrogens is 2. The zero-order chi connectivity index (χ0) is 14.8. The first-order valence-corrected chi connectivity index (χ1v) is 5.65. The molecule has 8 heteroatoms. The smallest absolute Gasteiger partial charge is 0.384 e. The molecule has 0 aliphatic carbocycles. The van der Waals surface area contributed by atoms with Crippen molar-refractivity contribution >= 4 is 11.6 Å². The van der Waals surface area contributed by atoms with Crippen molar-refractivity contribution in [2.45, 2.75) is 25.6 Å². The van der Waals surface area contributed by atoms with Crippen molar-refractivity contribution < 1.29 is 13.2 Å². The van der Waals surface area contributed by atoms with Crippen LogP contribution in [0, 0.1) is 0 Å². The second kappa shape index (κ2) is 5.20. The van der Waals surface area contributed by atoms with Crippen LogP contribution < -0.4 is 11.1 Å². The van der Waals surface area contributed by atoms with Gasteiger partial charge in [0.1, 0.15) is 11.6 Å². The predicted molar refractivity (Wildman–Crippen MR) is 67.7 cm³/mol. The van der Waals surface area contributed by atoms with E-state index in [9.17, 15) is 13.2 Å². The average molecular weight is 277 g/mol. The summed E-state index contributed by atoms with van der Waals surface area (Å²) in [7, 11) is 3.77. The van der Waals surface area contributed by atoms with Gasteiger partial charge in [-0.25, -0.2) is 9.97 Å². The number of hydrogen-bond acceptors (Lipinski definition) is 5. The van der Waals surface area contributed by atoms with Gasteiger partial charge in [-0.3, -0.25) is 0 Å². The first-order chi connectivity index (χ1) is 8.52. The van der Waals surface area contributed by atoms with Gasteiger partial charge in [-0.2, -0.15) is 13.2 Å². The number of nitrogens with two attached hydrogens (primary N) is 1. The molecule has 1 rings (SSSR count). The summed E-state index contributed by atoms with van der Waals surface area (Å²) in [5.41, 5.74) is 5.12. The van der Waals surface area contributed by atoms with Crippen LogP contribution in [0.25, 0.3) is 0 Å². The third-order valence-electron chi connectivity index (χ3n) is 2.91. The molecule has 0 aliphatic heterocycles. The van der Waals surface area contributed by atoms with Gasteiger partial charge in [0.2, 0.25) is 5.82 Å². The van der Waals surface area contributed by atoms with Crippen LogP contribution in [0.1, 0.15) is 19.7 Å². The topological polar surface area (TPSA) is 67.1 Å². The van der Waals surface area contributed by atoms with Gasteiger partial charge in [0.25, 0.3) is 0 Å². The first kappa shape index (κ1) is 15.5. The monoisotopic (exact) mass is 277 g/mol. The Labute approximate surface area is 110 Å². The lowest BCUT2D eigenvalue weighted by Crippen LogP contribution is -2.44. The molecule has 0 bridgehead atoms. The quantitative estimate of drug-likeness (QED) is 0.879. The van der Waals surface area contributed by atoms with Crippen molar-refractivity contribution in [1.29, 1.82) is 0 Å². The van der Waals surface area contributed by atoms with E-state index in [1.54, 1.807) is 0 Å². The van der Waals surface area contributed by atoms with Gasteiger partial charge in [0, 0.05) is 18.2 Å². The second-order valence-electron chi connectivity index (χ2n) is 5.06. The van der Waals surface area contributed by atoms with E-state index >= 15 is 0 Å². The van der Waals surface area contributed by atoms with Gasteiger partial charge in [-0.05, 0) is 27.9 Å². The van der Waals surface area contributed by atoms with E-state index in [0.717, 1.165) is 0 Å². The molecule has 0 saturated carbocycles. The summed E-state index contributed by atoms with van der Waals surface area (Å²) in [5.74, 6) is -1.39. The number of nitrogens with one attached hydrogen (secondary N) is 1. The molecule has 0 fully saturated rings. The van der Waals surface area contributed by atoms with E-state index in [4.69, 9.17) is 5.73 Å². The minimum Gasteiger partial charge on any atom is -0.384 e. The van der Waals surface area contributed by atoms with E-state index in [2.05, 4.69) is 15.3 Å². The summed E-state index contributed by atoms with van der Waals surface area (Å²) in [6.45, 7) is 4.33. The van der Waals surface area contributed by atoms with Gasteiger partial charge in [-0.1, -0.05) is 0 Å². The lowest BCUT2D eigenvalue weighted by molar-refractivity contribution is -0.144. The van der Waals surface area contributed by atoms with Crippen LogP contribution in [0.4, 0.5) is 24.8 Å². The maximum absolute atomic E-state index is 12.5. The maximum atomic E-state index is 12.5. The molecule has 1 aromatic heterocycles. The van der Waals surface area contributed by atoms with Gasteiger partial charge < -0.3 is 16.0 Å². The number of hydrogen-bond donors (Lipinski definition) is 2. The summed E-state index contributed by atoms with van der Waals surface area (Å²) >= 11 is 0. The maximum Gasteiger partial charge on any atom is 0.451 e. The fourth-order valence-electron chi connectivity index (χ4n) is 1.15. The van der Waals surface area contributed by atoms with Crippen LogP contribution in [-0.4, -0.2) is 41.0 Å². The average Bonchev–Trinajstić information content (AvgIpc) is 2.24. The number of nitrogen functional groups attached to an aromatic ring is 1. The number of anilines is 2. The van der Waals surface area contributed by atoms with Crippen LogP contribution in [0.3, 0.4) is 0 Å². The molecule has 0 amide bonds. The van der Waals surface area contributed by atoms with Crippen LogP contribution in [0.15, 0.2) is 6.07 Å². The van der Waals surface area contributed by atoms with Crippen LogP contribution in [-0.2, 0) is 6.18 Å². The standard InChI is InChI=1S/C11H18F3N5/c1-10(2,19(3)4)6-16-8-5-7(15)17-9(18-8)11(12,13)14/h5H,6H2,1-4H3,(H3,15,16,17,18). The lowest BCUT2D eigenvalue weighted by atomic mass is 10.0. The zero-order valence-electron chi connectivity index (χ0n) is 11.3. The molecule has 3 N–H and O–H groups in total. The van der Waals surface area contributed by atoms with Crippen molar-refractivity contribution in [2.24, 2.45) is 0 Å². The molecule has 0 atom stereocenters. The third kappa shape index (κ3) is 4.23. The predicted octanol–water partition coefficient (Wildman–Crippen LogP) is 1.83. The molecule has 5 nitrogen and oxygen atoms in total. The number of nitrogens with zero attached hydrogens (tertiary/aromatic N) is 3. The molecule has 0 unspecified atom stereocenters. The number of halogens is 3. The molecule has 1 heterocycles. The van der Waals surface area contributed by atoms with Crippen molar-refractivity contribution in [3.05, 3.63) is 11.9 Å². The lowest BCUT2D eigenvalue weighted by Gasteiger charge is -2.32. The first-order valence-electron chi connectivity index (χ1n) is 5.65. The van der Waals surface area contributed by atoms with Gasteiger partial charge >= 0.3 is 6.18 Å². The van der Waals surface area contributed by atoms with Crippen molar-refractivity contribution in [3.63, 3.8) is 0 Å². The minimum absolute atomic E-state index is 0.0646. The van der Waals surface area contributed by atoms with Crippen molar-refractivity contribution in [3.8, 4) is 0 Å². The van der Waals surface area contributed by atoms with Crippen LogP contribution in [0.5, 0.6) is 0 Å². The second-order valence-corrected chi connectivity index (χ2v) is 5.06. The molecule has 0 aromatic carbocycles. The molecule has 1 aromatic rings. The number of rotatable bonds is 4. The highest BCUT2D eigenvalue weighted by Gasteiger charge is 2.35. The Morgan fingerprint density at radius 2 is 1.84 bits per heavy atom. The fraction of sp³-hybridized carbons (Fsp3) is 0.636. The molecule has 0 radical (unpaired) electrons. The molecular weight excluding hydrogens is 259 g/mol. The van der Waals surface area contributed by atoms with E-state index in [0.29, 0.717) is 6.54 Å². The van der Waals surface area contributed by atoms with Crippen LogP contribution >= 0.6 is 0 Å². The SMILES string of the molecule is CN(C)C(C)(C)CNc1cc(N)nc(C(F)(F)F)n1. The molecular formula is C11H18F3N5. The van der Waals surface area contributed by atoms with E-state index in [1.807, 2.05) is 32.8 Å². The molecule has 0 aliphatic rings. The van der Waals surface area contributed by atoms with Gasteiger partial charge in [0.15, 0.2) is 0 Å². The fourth-order valence-corrected chi connectivity index (χ4v) is 1.15. The summed E-state index contributed by atoms with van der Waals surface area (Å²) in [5, 5.41) is 2.85. The third-order valence-corrected chi connectivity index (χ3v) is 2.91. The van der Waals surface area contributed by atoms with Gasteiger partial charge in [-0.15, -0.1) is 0 Å². The van der Waals surface area contributed by atoms with Crippen molar-refractivity contribution in [1.82, 2.24) is 14.9 Å².